The minimum absolute atomic E-state index is 0.0892. The first-order chi connectivity index (χ1) is 6.49. The molecule has 5 heteroatoms. The molecule has 1 fully saturated rings. The van der Waals surface area contributed by atoms with Gasteiger partial charge in [-0.1, -0.05) is 0 Å². The normalized spacial score (nSPS) is 23.7. The Morgan fingerprint density at radius 2 is 2.21 bits per heavy atom. The second-order valence-corrected chi connectivity index (χ2v) is 3.75. The molecule has 0 aromatic carbocycles. The molecule has 0 spiro atoms. The predicted molar refractivity (Wildman–Crippen MR) is 49.0 cm³/mol. The lowest BCUT2D eigenvalue weighted by Crippen LogP contribution is -2.52. The van der Waals surface area contributed by atoms with Crippen LogP contribution in [-0.2, 0) is 4.79 Å². The van der Waals surface area contributed by atoms with Crippen LogP contribution in [0.3, 0.4) is 0 Å². The summed E-state index contributed by atoms with van der Waals surface area (Å²) in [6.45, 7) is 1.31. The standard InChI is InChI=1S/C9H16F2N2O/c1-7-4-2-3-5-13(7)8(14)9(10,11)6-12/h7H,2-6,12H2,1H3. The highest BCUT2D eigenvalue weighted by Crippen LogP contribution is 2.22. The van der Waals surface area contributed by atoms with E-state index in [0.29, 0.717) is 6.54 Å². The van der Waals surface area contributed by atoms with Gasteiger partial charge in [0.05, 0.1) is 6.54 Å². The molecule has 1 atom stereocenters. The number of halogens is 2. The van der Waals surface area contributed by atoms with Crippen molar-refractivity contribution in [3.8, 4) is 0 Å². The Morgan fingerprint density at radius 3 is 2.71 bits per heavy atom. The van der Waals surface area contributed by atoms with Gasteiger partial charge in [0, 0.05) is 12.6 Å². The first-order valence-electron chi connectivity index (χ1n) is 4.88. The molecule has 0 aliphatic carbocycles. The molecule has 0 aromatic rings. The summed E-state index contributed by atoms with van der Waals surface area (Å²) in [4.78, 5) is 12.6. The minimum atomic E-state index is -3.40. The summed E-state index contributed by atoms with van der Waals surface area (Å²) >= 11 is 0. The zero-order valence-corrected chi connectivity index (χ0v) is 8.30. The van der Waals surface area contributed by atoms with Crippen LogP contribution in [0.2, 0.25) is 0 Å². The fourth-order valence-corrected chi connectivity index (χ4v) is 1.70. The number of alkyl halides is 2. The molecule has 1 heterocycles. The van der Waals surface area contributed by atoms with Crippen molar-refractivity contribution in [2.45, 2.75) is 38.2 Å². The van der Waals surface area contributed by atoms with Crippen molar-refractivity contribution in [1.82, 2.24) is 4.90 Å². The molecule has 82 valence electrons. The van der Waals surface area contributed by atoms with E-state index in [2.05, 4.69) is 0 Å². The smallest absolute Gasteiger partial charge is 0.335 e. The van der Waals surface area contributed by atoms with Crippen LogP contribution in [0.5, 0.6) is 0 Å². The van der Waals surface area contributed by atoms with Gasteiger partial charge in [0.1, 0.15) is 0 Å². The third kappa shape index (κ3) is 2.20. The Hall–Kier alpha value is -0.710. The van der Waals surface area contributed by atoms with Crippen LogP contribution in [0, 0.1) is 0 Å². The molecule has 0 bridgehead atoms. The van der Waals surface area contributed by atoms with Crippen molar-refractivity contribution in [2.24, 2.45) is 5.73 Å². The van der Waals surface area contributed by atoms with Crippen LogP contribution in [0.25, 0.3) is 0 Å². The van der Waals surface area contributed by atoms with Crippen molar-refractivity contribution < 1.29 is 13.6 Å². The lowest BCUT2D eigenvalue weighted by atomic mass is 10.0. The molecule has 1 aliphatic rings. The number of likely N-dealkylation sites (tertiary alicyclic amines) is 1. The molecular formula is C9H16F2N2O. The Bertz CT molecular complexity index is 221. The van der Waals surface area contributed by atoms with Crippen molar-refractivity contribution in [3.63, 3.8) is 0 Å². The number of carbonyl (C=O) groups excluding carboxylic acids is 1. The van der Waals surface area contributed by atoms with E-state index in [9.17, 15) is 13.6 Å². The first-order valence-corrected chi connectivity index (χ1v) is 4.88. The lowest BCUT2D eigenvalue weighted by Gasteiger charge is -2.35. The first kappa shape index (κ1) is 11.4. The molecule has 14 heavy (non-hydrogen) atoms. The number of carbonyl (C=O) groups is 1. The van der Waals surface area contributed by atoms with Crippen LogP contribution in [-0.4, -0.2) is 35.9 Å². The molecule has 1 amide bonds. The van der Waals surface area contributed by atoms with Gasteiger partial charge < -0.3 is 10.6 Å². The summed E-state index contributed by atoms with van der Waals surface area (Å²) in [5.74, 6) is -4.52. The monoisotopic (exact) mass is 206 g/mol. The fourth-order valence-electron chi connectivity index (χ4n) is 1.70. The van der Waals surface area contributed by atoms with Gasteiger partial charge in [-0.05, 0) is 26.2 Å². The maximum atomic E-state index is 13.0. The SMILES string of the molecule is CC1CCCCN1C(=O)C(F)(F)CN. The molecule has 0 saturated carbocycles. The third-order valence-corrected chi connectivity index (χ3v) is 2.63. The molecule has 2 N–H and O–H groups in total. The highest BCUT2D eigenvalue weighted by atomic mass is 19.3. The Kier molecular flexibility index (Phi) is 3.42. The van der Waals surface area contributed by atoms with E-state index in [0.717, 1.165) is 19.3 Å². The largest absolute Gasteiger partial charge is 0.336 e. The second-order valence-electron chi connectivity index (χ2n) is 3.75. The second kappa shape index (κ2) is 4.21. The number of rotatable bonds is 2. The van der Waals surface area contributed by atoms with Gasteiger partial charge in [0.25, 0.3) is 5.91 Å². The van der Waals surface area contributed by atoms with Crippen LogP contribution >= 0.6 is 0 Å². The van der Waals surface area contributed by atoms with Gasteiger partial charge in [-0.2, -0.15) is 8.78 Å². The van der Waals surface area contributed by atoms with Gasteiger partial charge in [-0.3, -0.25) is 4.79 Å². The van der Waals surface area contributed by atoms with E-state index in [-0.39, 0.29) is 6.04 Å². The molecule has 1 aliphatic heterocycles. The number of piperidine rings is 1. The number of nitrogens with zero attached hydrogens (tertiary/aromatic N) is 1. The summed E-state index contributed by atoms with van der Waals surface area (Å²) in [7, 11) is 0. The van der Waals surface area contributed by atoms with Crippen molar-refractivity contribution in [1.29, 1.82) is 0 Å². The number of hydrogen-bond acceptors (Lipinski definition) is 2. The van der Waals surface area contributed by atoms with E-state index in [1.54, 1.807) is 6.92 Å². The predicted octanol–water partition coefficient (Wildman–Crippen LogP) is 0.981. The van der Waals surface area contributed by atoms with E-state index >= 15 is 0 Å². The molecule has 3 nitrogen and oxygen atoms in total. The van der Waals surface area contributed by atoms with Crippen molar-refractivity contribution in [3.05, 3.63) is 0 Å². The zero-order valence-electron chi connectivity index (χ0n) is 8.30. The summed E-state index contributed by atoms with van der Waals surface area (Å²) in [5.41, 5.74) is 4.86. The number of amides is 1. The van der Waals surface area contributed by atoms with Crippen molar-refractivity contribution >= 4 is 5.91 Å². The molecule has 1 saturated heterocycles. The van der Waals surface area contributed by atoms with Crippen LogP contribution in [0.1, 0.15) is 26.2 Å². The molecule has 0 aromatic heterocycles. The highest BCUT2D eigenvalue weighted by molar-refractivity contribution is 5.84. The molecule has 1 rings (SSSR count). The van der Waals surface area contributed by atoms with E-state index < -0.39 is 18.4 Å². The molecule has 0 radical (unpaired) electrons. The summed E-state index contributed by atoms with van der Waals surface area (Å²) in [6.07, 6.45) is 2.60. The highest BCUT2D eigenvalue weighted by Gasteiger charge is 2.42. The van der Waals surface area contributed by atoms with E-state index in [4.69, 9.17) is 5.73 Å². The average Bonchev–Trinajstić information content (AvgIpc) is 2.17. The lowest BCUT2D eigenvalue weighted by molar-refractivity contribution is -0.159. The molecule has 1 unspecified atom stereocenters. The van der Waals surface area contributed by atoms with Gasteiger partial charge >= 0.3 is 5.92 Å². The van der Waals surface area contributed by atoms with E-state index in [1.165, 1.54) is 4.90 Å². The summed E-state index contributed by atoms with van der Waals surface area (Å²) in [6, 6.07) is -0.0892. The summed E-state index contributed by atoms with van der Waals surface area (Å²) in [5, 5.41) is 0. The summed E-state index contributed by atoms with van der Waals surface area (Å²) < 4.78 is 26.0. The van der Waals surface area contributed by atoms with Gasteiger partial charge in [-0.15, -0.1) is 0 Å². The molecular weight excluding hydrogens is 190 g/mol. The van der Waals surface area contributed by atoms with Gasteiger partial charge in [-0.25, -0.2) is 0 Å². The van der Waals surface area contributed by atoms with Crippen LogP contribution in [0.15, 0.2) is 0 Å². The number of hydrogen-bond donors (Lipinski definition) is 1. The Labute approximate surface area is 82.2 Å². The Morgan fingerprint density at radius 1 is 1.57 bits per heavy atom. The maximum absolute atomic E-state index is 13.0. The van der Waals surface area contributed by atoms with Crippen molar-refractivity contribution in [2.75, 3.05) is 13.1 Å². The zero-order chi connectivity index (χ0) is 10.8. The minimum Gasteiger partial charge on any atom is -0.335 e. The average molecular weight is 206 g/mol. The topological polar surface area (TPSA) is 46.3 Å². The third-order valence-electron chi connectivity index (χ3n) is 2.63. The number of nitrogens with two attached hydrogens (primary N) is 1. The van der Waals surface area contributed by atoms with E-state index in [1.807, 2.05) is 0 Å². The quantitative estimate of drug-likeness (QED) is 0.732. The van der Waals surface area contributed by atoms with Crippen LogP contribution < -0.4 is 5.73 Å². The van der Waals surface area contributed by atoms with Gasteiger partial charge in [0.2, 0.25) is 0 Å². The fraction of sp³-hybridized carbons (Fsp3) is 0.889. The Balaban J connectivity index is 2.67. The van der Waals surface area contributed by atoms with Crippen LogP contribution in [0.4, 0.5) is 8.78 Å². The van der Waals surface area contributed by atoms with Gasteiger partial charge in [0.15, 0.2) is 0 Å². The maximum Gasteiger partial charge on any atom is 0.336 e.